The summed E-state index contributed by atoms with van der Waals surface area (Å²) in [6.07, 6.45) is 2.30. The minimum absolute atomic E-state index is 0.387. The molecule has 0 aromatic heterocycles. The zero-order valence-electron chi connectivity index (χ0n) is 11.6. The number of amides is 1. The third-order valence-corrected chi connectivity index (χ3v) is 3.29. The van der Waals surface area contributed by atoms with E-state index >= 15 is 0 Å². The second-order valence-corrected chi connectivity index (χ2v) is 5.09. The van der Waals surface area contributed by atoms with E-state index in [9.17, 15) is 9.59 Å². The van der Waals surface area contributed by atoms with Crippen molar-refractivity contribution < 1.29 is 19.4 Å². The first-order valence-electron chi connectivity index (χ1n) is 6.34. The van der Waals surface area contributed by atoms with Gasteiger partial charge < -0.3 is 15.2 Å². The highest BCUT2D eigenvalue weighted by atomic mass is 32.2. The molecule has 20 heavy (non-hydrogen) atoms. The van der Waals surface area contributed by atoms with Gasteiger partial charge in [0.2, 0.25) is 0 Å². The summed E-state index contributed by atoms with van der Waals surface area (Å²) < 4.78 is 5.28. The van der Waals surface area contributed by atoms with Gasteiger partial charge in [-0.3, -0.25) is 4.79 Å². The van der Waals surface area contributed by atoms with Gasteiger partial charge in [0, 0.05) is 5.56 Å². The number of nitrogens with one attached hydrogen (secondary N) is 1. The van der Waals surface area contributed by atoms with Crippen LogP contribution >= 0.6 is 11.8 Å². The van der Waals surface area contributed by atoms with Crippen LogP contribution in [0.5, 0.6) is 5.75 Å². The predicted molar refractivity (Wildman–Crippen MR) is 79.5 cm³/mol. The zero-order chi connectivity index (χ0) is 15.0. The van der Waals surface area contributed by atoms with Crippen molar-refractivity contribution in [1.82, 2.24) is 5.32 Å². The summed E-state index contributed by atoms with van der Waals surface area (Å²) in [5, 5.41) is 11.6. The van der Waals surface area contributed by atoms with Gasteiger partial charge in [-0.15, -0.1) is 0 Å². The minimum Gasteiger partial charge on any atom is -0.494 e. The Hall–Kier alpha value is -1.69. The Labute approximate surface area is 122 Å². The fourth-order valence-corrected chi connectivity index (χ4v) is 2.08. The Kier molecular flexibility index (Phi) is 6.93. The van der Waals surface area contributed by atoms with Gasteiger partial charge in [0.25, 0.3) is 5.91 Å². The maximum Gasteiger partial charge on any atom is 0.326 e. The van der Waals surface area contributed by atoms with Crippen molar-refractivity contribution in [2.45, 2.75) is 19.4 Å². The molecule has 0 spiro atoms. The van der Waals surface area contributed by atoms with Crippen LogP contribution < -0.4 is 10.1 Å². The predicted octanol–water partition coefficient (Wildman–Crippen LogP) is 2.02. The molecule has 0 heterocycles. The molecule has 0 bridgehead atoms. The number of carbonyl (C=O) groups excluding carboxylic acids is 1. The second kappa shape index (κ2) is 8.47. The van der Waals surface area contributed by atoms with Crippen LogP contribution in [0.2, 0.25) is 0 Å². The summed E-state index contributed by atoms with van der Waals surface area (Å²) in [5.41, 5.74) is 0.420. The Morgan fingerprint density at radius 3 is 2.50 bits per heavy atom. The number of carboxylic acids is 1. The standard InChI is InChI=1S/C14H19NO4S/c1-3-19-11-6-4-10(5-7-11)13(16)15-12(14(17)18)8-9-20-2/h4-7,12H,3,8-9H2,1-2H3,(H,15,16)(H,17,18). The largest absolute Gasteiger partial charge is 0.494 e. The first-order valence-corrected chi connectivity index (χ1v) is 7.73. The zero-order valence-corrected chi connectivity index (χ0v) is 12.4. The third kappa shape index (κ3) is 5.13. The summed E-state index contributed by atoms with van der Waals surface area (Å²) in [6, 6.07) is 5.76. The van der Waals surface area contributed by atoms with Crippen molar-refractivity contribution in [3.05, 3.63) is 29.8 Å². The molecule has 1 amide bonds. The summed E-state index contributed by atoms with van der Waals surface area (Å²) in [4.78, 5) is 23.0. The van der Waals surface area contributed by atoms with Crippen LogP contribution in [0.25, 0.3) is 0 Å². The lowest BCUT2D eigenvalue weighted by atomic mass is 10.1. The van der Waals surface area contributed by atoms with E-state index < -0.39 is 12.0 Å². The molecule has 110 valence electrons. The SMILES string of the molecule is CCOc1ccc(C(=O)NC(CCSC)C(=O)O)cc1. The summed E-state index contributed by atoms with van der Waals surface area (Å²) in [6.45, 7) is 2.44. The number of carbonyl (C=O) groups is 2. The quantitative estimate of drug-likeness (QED) is 0.768. The molecule has 0 aliphatic rings. The van der Waals surface area contributed by atoms with Crippen molar-refractivity contribution >= 4 is 23.6 Å². The van der Waals surface area contributed by atoms with Crippen molar-refractivity contribution in [2.75, 3.05) is 18.6 Å². The van der Waals surface area contributed by atoms with Crippen molar-refractivity contribution in [3.8, 4) is 5.75 Å². The average Bonchev–Trinajstić information content (AvgIpc) is 2.44. The maximum absolute atomic E-state index is 12.0. The molecule has 1 unspecified atom stereocenters. The van der Waals surface area contributed by atoms with E-state index in [4.69, 9.17) is 9.84 Å². The highest BCUT2D eigenvalue weighted by Crippen LogP contribution is 2.12. The number of benzene rings is 1. The van der Waals surface area contributed by atoms with Gasteiger partial charge in [0.15, 0.2) is 0 Å². The molecule has 0 saturated carbocycles. The highest BCUT2D eigenvalue weighted by Gasteiger charge is 2.20. The number of thioether (sulfide) groups is 1. The van der Waals surface area contributed by atoms with Crippen molar-refractivity contribution in [2.24, 2.45) is 0 Å². The molecule has 0 fully saturated rings. The molecule has 5 nitrogen and oxygen atoms in total. The molecule has 2 N–H and O–H groups in total. The van der Waals surface area contributed by atoms with Gasteiger partial charge in [-0.25, -0.2) is 4.79 Å². The van der Waals surface area contributed by atoms with Gasteiger partial charge in [-0.1, -0.05) is 0 Å². The van der Waals surface area contributed by atoms with Crippen molar-refractivity contribution in [3.63, 3.8) is 0 Å². The normalized spacial score (nSPS) is 11.7. The molecule has 1 aromatic carbocycles. The van der Waals surface area contributed by atoms with Crippen LogP contribution in [-0.4, -0.2) is 41.6 Å². The van der Waals surface area contributed by atoms with Gasteiger partial charge in [0.05, 0.1) is 6.61 Å². The Balaban J connectivity index is 2.65. The van der Waals surface area contributed by atoms with E-state index in [1.165, 1.54) is 0 Å². The number of hydrogen-bond acceptors (Lipinski definition) is 4. The van der Waals surface area contributed by atoms with Crippen LogP contribution in [0.15, 0.2) is 24.3 Å². The Morgan fingerprint density at radius 1 is 1.35 bits per heavy atom. The molecular formula is C14H19NO4S. The summed E-state index contributed by atoms with van der Waals surface area (Å²) >= 11 is 1.55. The molecule has 1 aromatic rings. The van der Waals surface area contributed by atoms with E-state index in [-0.39, 0.29) is 5.91 Å². The average molecular weight is 297 g/mol. The van der Waals surface area contributed by atoms with Gasteiger partial charge in [-0.2, -0.15) is 11.8 Å². The van der Waals surface area contributed by atoms with Crippen LogP contribution in [0.1, 0.15) is 23.7 Å². The lowest BCUT2D eigenvalue weighted by molar-refractivity contribution is -0.139. The second-order valence-electron chi connectivity index (χ2n) is 4.10. The smallest absolute Gasteiger partial charge is 0.326 e. The fraction of sp³-hybridized carbons (Fsp3) is 0.429. The molecule has 1 atom stereocenters. The Bertz CT molecular complexity index is 447. The fourth-order valence-electron chi connectivity index (χ4n) is 1.60. The van der Waals surface area contributed by atoms with E-state index in [0.29, 0.717) is 30.1 Å². The lowest BCUT2D eigenvalue weighted by Crippen LogP contribution is -2.41. The third-order valence-electron chi connectivity index (χ3n) is 2.64. The summed E-state index contributed by atoms with van der Waals surface area (Å²) in [5.74, 6) is -0.0401. The van der Waals surface area contributed by atoms with E-state index in [2.05, 4.69) is 5.32 Å². The molecule has 1 rings (SSSR count). The number of hydrogen-bond donors (Lipinski definition) is 2. The van der Waals surface area contributed by atoms with E-state index in [0.717, 1.165) is 0 Å². The van der Waals surface area contributed by atoms with Crippen LogP contribution in [0.4, 0.5) is 0 Å². The molecule has 0 aliphatic heterocycles. The number of ether oxygens (including phenoxy) is 1. The summed E-state index contributed by atoms with van der Waals surface area (Å²) in [7, 11) is 0. The lowest BCUT2D eigenvalue weighted by Gasteiger charge is -2.14. The van der Waals surface area contributed by atoms with E-state index in [1.807, 2.05) is 13.2 Å². The monoisotopic (exact) mass is 297 g/mol. The van der Waals surface area contributed by atoms with Crippen LogP contribution in [-0.2, 0) is 4.79 Å². The topological polar surface area (TPSA) is 75.6 Å². The number of carboxylic acid groups (broad SMARTS) is 1. The first-order chi connectivity index (χ1) is 9.58. The van der Waals surface area contributed by atoms with Gasteiger partial charge in [0.1, 0.15) is 11.8 Å². The van der Waals surface area contributed by atoms with Gasteiger partial charge >= 0.3 is 5.97 Å². The molecule has 0 aliphatic carbocycles. The number of aliphatic carboxylic acids is 1. The van der Waals surface area contributed by atoms with Gasteiger partial charge in [-0.05, 0) is 49.6 Å². The van der Waals surface area contributed by atoms with E-state index in [1.54, 1.807) is 36.0 Å². The molecule has 0 saturated heterocycles. The Morgan fingerprint density at radius 2 is 2.00 bits per heavy atom. The molecule has 0 radical (unpaired) electrons. The van der Waals surface area contributed by atoms with Crippen LogP contribution in [0.3, 0.4) is 0 Å². The molecular weight excluding hydrogens is 278 g/mol. The number of rotatable bonds is 8. The first kappa shape index (κ1) is 16.4. The van der Waals surface area contributed by atoms with Crippen molar-refractivity contribution in [1.29, 1.82) is 0 Å². The van der Waals surface area contributed by atoms with Crippen LogP contribution in [0, 0.1) is 0 Å². The molecule has 6 heteroatoms. The highest BCUT2D eigenvalue weighted by molar-refractivity contribution is 7.98. The minimum atomic E-state index is -1.02. The maximum atomic E-state index is 12.0.